The number of para-hydroxylation sites is 1. The molecule has 1 nitrogen and oxygen atoms in total. The second-order valence-electron chi connectivity index (χ2n) is 14.1. The van der Waals surface area contributed by atoms with E-state index in [0.29, 0.717) is 0 Å². The molecule has 0 aliphatic rings. The highest BCUT2D eigenvalue weighted by Gasteiger charge is 2.19. The highest BCUT2D eigenvalue weighted by Crippen LogP contribution is 2.45. The Kier molecular flexibility index (Phi) is 7.61. The number of benzene rings is 9. The van der Waals surface area contributed by atoms with Gasteiger partial charge in [-0.05, 0) is 99.4 Å². The van der Waals surface area contributed by atoms with E-state index in [9.17, 15) is 0 Å². The third-order valence-electron chi connectivity index (χ3n) is 10.9. The SMILES string of the molecule is c1ccc(-c2ccc(N(c3ccccc3)c3ccc4sc5cc(-c6ccc(-c7ccc8sc9ccccc9c8c7)cc6)ccc5c4c3)c3ccccc23)cc1. The van der Waals surface area contributed by atoms with Crippen LogP contribution in [0, 0.1) is 0 Å². The minimum atomic E-state index is 1.13. The maximum absolute atomic E-state index is 2.41. The first-order chi connectivity index (χ1) is 27.2. The van der Waals surface area contributed by atoms with Gasteiger partial charge in [-0.2, -0.15) is 0 Å². The molecule has 55 heavy (non-hydrogen) atoms. The van der Waals surface area contributed by atoms with Crippen molar-refractivity contribution in [2.24, 2.45) is 0 Å². The molecule has 3 heteroatoms. The molecule has 0 atom stereocenters. The summed E-state index contributed by atoms with van der Waals surface area (Å²) in [6, 6.07) is 73.4. The predicted molar refractivity (Wildman–Crippen MR) is 241 cm³/mol. The molecule has 11 aromatic rings. The second kappa shape index (κ2) is 13.1. The zero-order valence-electron chi connectivity index (χ0n) is 29.8. The average molecular weight is 736 g/mol. The van der Waals surface area contributed by atoms with Crippen LogP contribution in [-0.4, -0.2) is 0 Å². The number of hydrogen-bond donors (Lipinski definition) is 0. The molecular weight excluding hydrogens is 703 g/mol. The lowest BCUT2D eigenvalue weighted by atomic mass is 9.96. The van der Waals surface area contributed by atoms with Gasteiger partial charge in [0, 0.05) is 57.1 Å². The first-order valence-electron chi connectivity index (χ1n) is 18.7. The summed E-state index contributed by atoms with van der Waals surface area (Å²) in [5.74, 6) is 0. The quantitative estimate of drug-likeness (QED) is 0.164. The lowest BCUT2D eigenvalue weighted by Crippen LogP contribution is -2.10. The summed E-state index contributed by atoms with van der Waals surface area (Å²) in [6.45, 7) is 0. The van der Waals surface area contributed by atoms with E-state index < -0.39 is 0 Å². The largest absolute Gasteiger partial charge is 0.310 e. The first-order valence-corrected chi connectivity index (χ1v) is 20.3. The van der Waals surface area contributed by atoms with Gasteiger partial charge in [-0.15, -0.1) is 22.7 Å². The Morgan fingerprint density at radius 1 is 0.273 bits per heavy atom. The molecule has 0 saturated carbocycles. The van der Waals surface area contributed by atoms with Crippen molar-refractivity contribution < 1.29 is 0 Å². The van der Waals surface area contributed by atoms with Gasteiger partial charge in [0.05, 0.1) is 5.69 Å². The third kappa shape index (κ3) is 5.51. The van der Waals surface area contributed by atoms with E-state index in [1.54, 1.807) is 0 Å². The molecule has 0 aliphatic heterocycles. The molecule has 0 saturated heterocycles. The van der Waals surface area contributed by atoms with Crippen molar-refractivity contribution in [3.63, 3.8) is 0 Å². The monoisotopic (exact) mass is 735 g/mol. The topological polar surface area (TPSA) is 3.24 Å². The van der Waals surface area contributed by atoms with Gasteiger partial charge >= 0.3 is 0 Å². The molecule has 9 aromatic carbocycles. The van der Waals surface area contributed by atoms with E-state index in [-0.39, 0.29) is 0 Å². The van der Waals surface area contributed by atoms with Crippen molar-refractivity contribution in [1.29, 1.82) is 0 Å². The number of fused-ring (bicyclic) bond motifs is 7. The Hall–Kier alpha value is -6.52. The third-order valence-corrected chi connectivity index (χ3v) is 13.2. The zero-order chi connectivity index (χ0) is 36.3. The van der Waals surface area contributed by atoms with Crippen LogP contribution in [0.2, 0.25) is 0 Å². The van der Waals surface area contributed by atoms with Crippen LogP contribution >= 0.6 is 22.7 Å². The second-order valence-corrected chi connectivity index (χ2v) is 16.3. The normalized spacial score (nSPS) is 11.6. The zero-order valence-corrected chi connectivity index (χ0v) is 31.4. The number of nitrogens with zero attached hydrogens (tertiary/aromatic N) is 1. The average Bonchev–Trinajstić information content (AvgIpc) is 3.82. The molecule has 2 aromatic heterocycles. The predicted octanol–water partition coefficient (Wildman–Crippen LogP) is 16.0. The molecule has 0 amide bonds. The number of anilines is 3. The van der Waals surface area contributed by atoms with E-state index >= 15 is 0 Å². The Labute approximate surface area is 327 Å². The van der Waals surface area contributed by atoms with E-state index in [1.165, 1.54) is 84.5 Å². The van der Waals surface area contributed by atoms with Gasteiger partial charge in [-0.1, -0.05) is 140 Å². The fourth-order valence-corrected chi connectivity index (χ4v) is 10.4. The molecule has 0 radical (unpaired) electrons. The van der Waals surface area contributed by atoms with Crippen molar-refractivity contribution >= 4 is 90.9 Å². The molecule has 0 fully saturated rings. The number of thiophene rings is 2. The molecule has 0 N–H and O–H groups in total. The Morgan fingerprint density at radius 3 is 1.60 bits per heavy atom. The molecule has 0 aliphatic carbocycles. The standard InChI is InChI=1S/C52H33NS2/c1-3-11-36(12-4-1)41-27-28-48(43-16-8-7-15-42(41)43)53(39-13-5-2-6-14-39)40-25-30-51-47(33-40)45-26-23-38(32-52(45)55-51)35-21-19-34(20-22-35)37-24-29-50-46(31-37)44-17-9-10-18-49(44)54-50/h1-33H. The molecule has 0 unspecified atom stereocenters. The lowest BCUT2D eigenvalue weighted by Gasteiger charge is -2.27. The van der Waals surface area contributed by atoms with Crippen molar-refractivity contribution in [3.05, 3.63) is 200 Å². The molecular formula is C52H33NS2. The van der Waals surface area contributed by atoms with Gasteiger partial charge < -0.3 is 4.90 Å². The van der Waals surface area contributed by atoms with Gasteiger partial charge in [0.1, 0.15) is 0 Å². The van der Waals surface area contributed by atoms with E-state index in [1.807, 2.05) is 22.7 Å². The maximum atomic E-state index is 2.41. The highest BCUT2D eigenvalue weighted by molar-refractivity contribution is 7.26. The number of hydrogen-bond acceptors (Lipinski definition) is 3. The van der Waals surface area contributed by atoms with E-state index in [0.717, 1.165) is 17.1 Å². The summed E-state index contributed by atoms with van der Waals surface area (Å²) in [7, 11) is 0. The Balaban J connectivity index is 0.969. The van der Waals surface area contributed by atoms with Crippen LogP contribution in [0.4, 0.5) is 17.1 Å². The van der Waals surface area contributed by atoms with Crippen molar-refractivity contribution in [2.75, 3.05) is 4.90 Å². The van der Waals surface area contributed by atoms with Crippen LogP contribution in [0.1, 0.15) is 0 Å². The van der Waals surface area contributed by atoms with E-state index in [4.69, 9.17) is 0 Å². The summed E-state index contributed by atoms with van der Waals surface area (Å²) in [5, 5.41) is 7.70. The number of rotatable bonds is 6. The molecule has 0 bridgehead atoms. The van der Waals surface area contributed by atoms with Crippen molar-refractivity contribution in [2.45, 2.75) is 0 Å². The van der Waals surface area contributed by atoms with Crippen LogP contribution in [0.15, 0.2) is 200 Å². The minimum absolute atomic E-state index is 1.13. The smallest absolute Gasteiger partial charge is 0.0540 e. The Morgan fingerprint density at radius 2 is 0.818 bits per heavy atom. The fraction of sp³-hybridized carbons (Fsp3) is 0. The molecule has 258 valence electrons. The fourth-order valence-electron chi connectivity index (χ4n) is 8.20. The molecule has 0 spiro atoms. The maximum Gasteiger partial charge on any atom is 0.0540 e. The minimum Gasteiger partial charge on any atom is -0.310 e. The van der Waals surface area contributed by atoms with Crippen LogP contribution in [-0.2, 0) is 0 Å². The van der Waals surface area contributed by atoms with Gasteiger partial charge in [-0.25, -0.2) is 0 Å². The summed E-state index contributed by atoms with van der Waals surface area (Å²) >= 11 is 3.74. The van der Waals surface area contributed by atoms with Crippen molar-refractivity contribution in [1.82, 2.24) is 0 Å². The Bertz CT molecular complexity index is 3190. The summed E-state index contributed by atoms with van der Waals surface area (Å²) < 4.78 is 5.27. The van der Waals surface area contributed by atoms with Crippen LogP contribution < -0.4 is 4.90 Å². The summed E-state index contributed by atoms with van der Waals surface area (Å²) in [6.07, 6.45) is 0. The van der Waals surface area contributed by atoms with Gasteiger partial charge in [0.2, 0.25) is 0 Å². The van der Waals surface area contributed by atoms with Crippen LogP contribution in [0.3, 0.4) is 0 Å². The molecule has 2 heterocycles. The first kappa shape index (κ1) is 32.0. The summed E-state index contributed by atoms with van der Waals surface area (Å²) in [5.41, 5.74) is 10.9. The highest BCUT2D eigenvalue weighted by atomic mass is 32.1. The molecule has 11 rings (SSSR count). The summed E-state index contributed by atoms with van der Waals surface area (Å²) in [4.78, 5) is 2.41. The van der Waals surface area contributed by atoms with Gasteiger partial charge in [0.25, 0.3) is 0 Å². The van der Waals surface area contributed by atoms with Crippen LogP contribution in [0.25, 0.3) is 84.5 Å². The van der Waals surface area contributed by atoms with E-state index in [2.05, 4.69) is 205 Å². The lowest BCUT2D eigenvalue weighted by molar-refractivity contribution is 1.30. The van der Waals surface area contributed by atoms with Gasteiger partial charge in [0.15, 0.2) is 0 Å². The van der Waals surface area contributed by atoms with Crippen molar-refractivity contribution in [3.8, 4) is 33.4 Å². The van der Waals surface area contributed by atoms with Crippen LogP contribution in [0.5, 0.6) is 0 Å². The van der Waals surface area contributed by atoms with Gasteiger partial charge in [-0.3, -0.25) is 0 Å².